The highest BCUT2D eigenvalue weighted by molar-refractivity contribution is 5.81. The van der Waals surface area contributed by atoms with Crippen LogP contribution >= 0.6 is 0 Å². The van der Waals surface area contributed by atoms with E-state index >= 15 is 0 Å². The maximum Gasteiger partial charge on any atom is 0.317 e. The van der Waals surface area contributed by atoms with Crippen LogP contribution in [0.5, 0.6) is 0 Å². The third kappa shape index (κ3) is 4.18. The predicted octanol–water partition coefficient (Wildman–Crippen LogP) is 2.47. The van der Waals surface area contributed by atoms with E-state index in [1.54, 1.807) is 0 Å². The molecule has 3 atom stereocenters. The number of carbonyl (C=O) groups excluding carboxylic acids is 2. The van der Waals surface area contributed by atoms with Gasteiger partial charge < -0.3 is 15.1 Å². The highest BCUT2D eigenvalue weighted by atomic mass is 16.2. The lowest BCUT2D eigenvalue weighted by Gasteiger charge is -2.34. The van der Waals surface area contributed by atoms with Crippen molar-refractivity contribution < 1.29 is 9.59 Å². The average Bonchev–Trinajstić information content (AvgIpc) is 3.36. The van der Waals surface area contributed by atoms with Gasteiger partial charge in [-0.05, 0) is 50.4 Å². The molecule has 3 amide bonds. The Morgan fingerprint density at radius 2 is 1.57 bits per heavy atom. The van der Waals surface area contributed by atoms with Crippen molar-refractivity contribution >= 4 is 11.9 Å². The standard InChI is InChI=1S/C18H31N3O2/c1-13-4-7-16(12-14(13)2)19-18(23)21-9-3-8-20(10-11-21)17(22)15-5-6-15/h13-16H,3-12H2,1-2H3,(H,19,23). The Balaban J connectivity index is 1.47. The molecule has 0 radical (unpaired) electrons. The summed E-state index contributed by atoms with van der Waals surface area (Å²) in [5, 5.41) is 3.23. The molecule has 3 rings (SSSR count). The normalized spacial score (nSPS) is 32.3. The van der Waals surface area contributed by atoms with E-state index in [1.807, 2.05) is 9.80 Å². The Morgan fingerprint density at radius 1 is 0.870 bits per heavy atom. The first-order valence-electron chi connectivity index (χ1n) is 9.39. The predicted molar refractivity (Wildman–Crippen MR) is 90.0 cm³/mol. The Bertz CT molecular complexity index is 450. The Morgan fingerprint density at radius 3 is 2.26 bits per heavy atom. The molecule has 0 aromatic carbocycles. The summed E-state index contributed by atoms with van der Waals surface area (Å²) >= 11 is 0. The van der Waals surface area contributed by atoms with Gasteiger partial charge in [-0.2, -0.15) is 0 Å². The quantitative estimate of drug-likeness (QED) is 0.849. The van der Waals surface area contributed by atoms with Crippen molar-refractivity contribution in [3.05, 3.63) is 0 Å². The minimum absolute atomic E-state index is 0.0671. The Hall–Kier alpha value is -1.26. The molecule has 2 saturated carbocycles. The summed E-state index contributed by atoms with van der Waals surface area (Å²) in [7, 11) is 0. The van der Waals surface area contributed by atoms with E-state index < -0.39 is 0 Å². The fraction of sp³-hybridized carbons (Fsp3) is 0.889. The van der Waals surface area contributed by atoms with Crippen molar-refractivity contribution in [3.8, 4) is 0 Å². The van der Waals surface area contributed by atoms with Crippen molar-refractivity contribution in [2.75, 3.05) is 26.2 Å². The topological polar surface area (TPSA) is 52.7 Å². The molecule has 3 unspecified atom stereocenters. The van der Waals surface area contributed by atoms with Crippen LogP contribution in [0.1, 0.15) is 52.4 Å². The van der Waals surface area contributed by atoms with E-state index in [1.165, 1.54) is 6.42 Å². The van der Waals surface area contributed by atoms with Gasteiger partial charge in [0.05, 0.1) is 0 Å². The van der Waals surface area contributed by atoms with Crippen LogP contribution in [0.3, 0.4) is 0 Å². The van der Waals surface area contributed by atoms with Crippen LogP contribution in [-0.2, 0) is 4.79 Å². The summed E-state index contributed by atoms with van der Waals surface area (Å²) in [4.78, 5) is 28.6. The molecule has 1 saturated heterocycles. The second-order valence-corrected chi connectivity index (χ2v) is 7.85. The van der Waals surface area contributed by atoms with Gasteiger partial charge in [-0.25, -0.2) is 4.79 Å². The maximum absolute atomic E-state index is 12.5. The highest BCUT2D eigenvalue weighted by Gasteiger charge is 2.34. The molecule has 1 aliphatic heterocycles. The summed E-state index contributed by atoms with van der Waals surface area (Å²) in [5.74, 6) is 2.04. The van der Waals surface area contributed by atoms with Gasteiger partial charge in [0.2, 0.25) is 5.91 Å². The lowest BCUT2D eigenvalue weighted by atomic mass is 9.79. The number of hydrogen-bond donors (Lipinski definition) is 1. The summed E-state index contributed by atoms with van der Waals surface area (Å²) < 4.78 is 0. The first-order valence-corrected chi connectivity index (χ1v) is 9.39. The van der Waals surface area contributed by atoms with Gasteiger partial charge in [-0.3, -0.25) is 4.79 Å². The van der Waals surface area contributed by atoms with Gasteiger partial charge in [-0.15, -0.1) is 0 Å². The van der Waals surface area contributed by atoms with E-state index in [-0.39, 0.29) is 11.9 Å². The number of rotatable bonds is 2. The third-order valence-electron chi connectivity index (χ3n) is 5.95. The van der Waals surface area contributed by atoms with E-state index in [9.17, 15) is 9.59 Å². The van der Waals surface area contributed by atoms with E-state index in [0.717, 1.165) is 51.1 Å². The summed E-state index contributed by atoms with van der Waals surface area (Å²) in [6.45, 7) is 7.53. The van der Waals surface area contributed by atoms with Gasteiger partial charge in [0, 0.05) is 38.1 Å². The zero-order valence-corrected chi connectivity index (χ0v) is 14.6. The second-order valence-electron chi connectivity index (χ2n) is 7.85. The van der Waals surface area contributed by atoms with Crippen LogP contribution in [0, 0.1) is 17.8 Å². The van der Waals surface area contributed by atoms with Crippen molar-refractivity contribution in [1.82, 2.24) is 15.1 Å². The van der Waals surface area contributed by atoms with Crippen molar-refractivity contribution in [2.45, 2.75) is 58.4 Å². The van der Waals surface area contributed by atoms with Crippen LogP contribution in [0.4, 0.5) is 4.79 Å². The number of amides is 3. The molecule has 3 fully saturated rings. The smallest absolute Gasteiger partial charge is 0.317 e. The molecule has 0 aromatic heterocycles. The minimum atomic E-state index is 0.0671. The molecule has 5 nitrogen and oxygen atoms in total. The van der Waals surface area contributed by atoms with Crippen LogP contribution in [0.15, 0.2) is 0 Å². The molecular formula is C18H31N3O2. The third-order valence-corrected chi connectivity index (χ3v) is 5.95. The van der Waals surface area contributed by atoms with Crippen molar-refractivity contribution in [1.29, 1.82) is 0 Å². The number of carbonyl (C=O) groups is 2. The van der Waals surface area contributed by atoms with Crippen molar-refractivity contribution in [2.24, 2.45) is 17.8 Å². The lowest BCUT2D eigenvalue weighted by Crippen LogP contribution is -2.48. The zero-order valence-electron chi connectivity index (χ0n) is 14.6. The Labute approximate surface area is 139 Å². The average molecular weight is 321 g/mol. The van der Waals surface area contributed by atoms with Crippen LogP contribution in [-0.4, -0.2) is 54.0 Å². The molecular weight excluding hydrogens is 290 g/mol. The van der Waals surface area contributed by atoms with Gasteiger partial charge >= 0.3 is 6.03 Å². The second kappa shape index (κ2) is 7.10. The minimum Gasteiger partial charge on any atom is -0.341 e. The molecule has 2 aliphatic carbocycles. The first-order chi connectivity index (χ1) is 11.0. The summed E-state index contributed by atoms with van der Waals surface area (Å²) in [6.07, 6.45) is 6.39. The first kappa shape index (κ1) is 16.6. The number of hydrogen-bond acceptors (Lipinski definition) is 2. The molecule has 130 valence electrons. The van der Waals surface area contributed by atoms with Gasteiger partial charge in [0.25, 0.3) is 0 Å². The monoisotopic (exact) mass is 321 g/mol. The Kier molecular flexibility index (Phi) is 5.12. The highest BCUT2D eigenvalue weighted by Crippen LogP contribution is 2.31. The molecule has 0 bridgehead atoms. The molecule has 5 heteroatoms. The van der Waals surface area contributed by atoms with E-state index in [0.29, 0.717) is 31.0 Å². The molecule has 1 N–H and O–H groups in total. The van der Waals surface area contributed by atoms with Gasteiger partial charge in [0.1, 0.15) is 0 Å². The number of urea groups is 1. The summed E-state index contributed by atoms with van der Waals surface area (Å²) in [6, 6.07) is 0.388. The molecule has 0 aromatic rings. The van der Waals surface area contributed by atoms with Gasteiger partial charge in [-0.1, -0.05) is 13.8 Å². The fourth-order valence-corrected chi connectivity index (χ4v) is 3.87. The SMILES string of the molecule is CC1CCC(NC(=O)N2CCCN(C(=O)C3CC3)CC2)CC1C. The van der Waals surface area contributed by atoms with E-state index in [4.69, 9.17) is 0 Å². The van der Waals surface area contributed by atoms with Crippen LogP contribution in [0.25, 0.3) is 0 Å². The number of nitrogens with zero attached hydrogens (tertiary/aromatic N) is 2. The zero-order chi connectivity index (χ0) is 16.4. The van der Waals surface area contributed by atoms with Gasteiger partial charge in [0.15, 0.2) is 0 Å². The fourth-order valence-electron chi connectivity index (χ4n) is 3.87. The van der Waals surface area contributed by atoms with E-state index in [2.05, 4.69) is 19.2 Å². The lowest BCUT2D eigenvalue weighted by molar-refractivity contribution is -0.132. The molecule has 0 spiro atoms. The van der Waals surface area contributed by atoms with Crippen LogP contribution in [0.2, 0.25) is 0 Å². The molecule has 23 heavy (non-hydrogen) atoms. The van der Waals surface area contributed by atoms with Crippen LogP contribution < -0.4 is 5.32 Å². The number of nitrogens with one attached hydrogen (secondary N) is 1. The largest absolute Gasteiger partial charge is 0.341 e. The molecule has 1 heterocycles. The maximum atomic E-state index is 12.5. The van der Waals surface area contributed by atoms with Crippen molar-refractivity contribution in [3.63, 3.8) is 0 Å². The molecule has 3 aliphatic rings. The summed E-state index contributed by atoms with van der Waals surface area (Å²) in [5.41, 5.74) is 0.